The molecule has 9 nitrogen and oxygen atoms in total. The van der Waals surface area contributed by atoms with E-state index in [9.17, 15) is 23.1 Å². The summed E-state index contributed by atoms with van der Waals surface area (Å²) in [7, 11) is 0. The first-order chi connectivity index (χ1) is 19.1. The SMILES string of the molecule is Cc1cc(Nc2cc(C(F)(F)F)ccn2)nc(-n2cnc(C3(O)CCN(C(=O)OCc4ccccc4)CC3)c2)c1. The minimum atomic E-state index is -4.49. The molecule has 2 N–H and O–H groups in total. The predicted octanol–water partition coefficient (Wildman–Crippen LogP) is 5.35. The van der Waals surface area contributed by atoms with Crippen molar-refractivity contribution in [3.63, 3.8) is 0 Å². The van der Waals surface area contributed by atoms with Gasteiger partial charge in [0.15, 0.2) is 0 Å². The number of hydrogen-bond donors (Lipinski definition) is 2. The van der Waals surface area contributed by atoms with Gasteiger partial charge in [-0.2, -0.15) is 13.2 Å². The van der Waals surface area contributed by atoms with Crippen LogP contribution >= 0.6 is 0 Å². The van der Waals surface area contributed by atoms with Gasteiger partial charge in [-0.15, -0.1) is 0 Å². The number of imidazole rings is 1. The molecule has 208 valence electrons. The van der Waals surface area contributed by atoms with Crippen molar-refractivity contribution in [2.45, 2.75) is 38.1 Å². The third-order valence-corrected chi connectivity index (χ3v) is 6.68. The van der Waals surface area contributed by atoms with Gasteiger partial charge in [0, 0.05) is 25.5 Å². The molecule has 40 heavy (non-hydrogen) atoms. The van der Waals surface area contributed by atoms with Crippen molar-refractivity contribution in [3.8, 4) is 5.82 Å². The van der Waals surface area contributed by atoms with Gasteiger partial charge in [-0.3, -0.25) is 4.57 Å². The standard InChI is InChI=1S/C28H27F3N6O3/c1-19-13-24(34-23-15-21(7-10-32-23)28(29,30)31)35-25(14-19)37-16-22(33-18-37)27(39)8-11-36(12-9-27)26(38)40-17-20-5-3-2-4-6-20/h2-7,10,13-16,18,39H,8-9,11-12,17H2,1H3,(H,32,34,35). The largest absolute Gasteiger partial charge is 0.445 e. The fourth-order valence-electron chi connectivity index (χ4n) is 4.47. The summed E-state index contributed by atoms with van der Waals surface area (Å²) in [6.45, 7) is 2.61. The highest BCUT2D eigenvalue weighted by Gasteiger charge is 2.38. The number of alkyl halides is 3. The zero-order chi connectivity index (χ0) is 28.3. The van der Waals surface area contributed by atoms with Crippen LogP contribution in [0.25, 0.3) is 5.82 Å². The van der Waals surface area contributed by atoms with Gasteiger partial charge in [-0.25, -0.2) is 19.7 Å². The molecule has 1 aliphatic heterocycles. The molecule has 0 spiro atoms. The number of hydrogen-bond acceptors (Lipinski definition) is 7. The van der Waals surface area contributed by atoms with E-state index in [1.165, 1.54) is 6.33 Å². The van der Waals surface area contributed by atoms with Crippen LogP contribution in [-0.4, -0.2) is 48.7 Å². The summed E-state index contributed by atoms with van der Waals surface area (Å²) in [5.74, 6) is 0.769. The molecule has 0 bridgehead atoms. The monoisotopic (exact) mass is 552 g/mol. The molecular weight excluding hydrogens is 525 g/mol. The van der Waals surface area contributed by atoms with Crippen molar-refractivity contribution in [1.82, 2.24) is 24.4 Å². The zero-order valence-electron chi connectivity index (χ0n) is 21.6. The van der Waals surface area contributed by atoms with Crippen LogP contribution in [0.5, 0.6) is 0 Å². The molecule has 12 heteroatoms. The van der Waals surface area contributed by atoms with E-state index in [-0.39, 0.29) is 25.3 Å². The fraction of sp³-hybridized carbons (Fsp3) is 0.286. The molecule has 1 fully saturated rings. The summed E-state index contributed by atoms with van der Waals surface area (Å²) in [6.07, 6.45) is -0.107. The van der Waals surface area contributed by atoms with E-state index in [1.807, 2.05) is 37.3 Å². The smallest absolute Gasteiger partial charge is 0.416 e. The summed E-state index contributed by atoms with van der Waals surface area (Å²) < 4.78 is 46.3. The first-order valence-corrected chi connectivity index (χ1v) is 12.6. The van der Waals surface area contributed by atoms with Gasteiger partial charge < -0.3 is 20.1 Å². The Morgan fingerprint density at radius 1 is 1.07 bits per heavy atom. The number of aliphatic hydroxyl groups is 1. The number of piperidine rings is 1. The highest BCUT2D eigenvalue weighted by Crippen LogP contribution is 2.33. The number of halogens is 3. The van der Waals surface area contributed by atoms with Crippen LogP contribution in [0.2, 0.25) is 0 Å². The number of rotatable bonds is 6. The van der Waals surface area contributed by atoms with Gasteiger partial charge >= 0.3 is 12.3 Å². The number of ether oxygens (including phenoxy) is 1. The van der Waals surface area contributed by atoms with Gasteiger partial charge in [0.25, 0.3) is 0 Å². The van der Waals surface area contributed by atoms with E-state index in [4.69, 9.17) is 4.74 Å². The number of pyridine rings is 2. The fourth-order valence-corrected chi connectivity index (χ4v) is 4.47. The number of benzene rings is 1. The van der Waals surface area contributed by atoms with Crippen molar-refractivity contribution >= 4 is 17.7 Å². The van der Waals surface area contributed by atoms with Crippen LogP contribution < -0.4 is 5.32 Å². The Balaban J connectivity index is 1.24. The van der Waals surface area contributed by atoms with Crippen molar-refractivity contribution < 1.29 is 27.8 Å². The lowest BCUT2D eigenvalue weighted by Crippen LogP contribution is -2.45. The Hall–Kier alpha value is -4.45. The van der Waals surface area contributed by atoms with E-state index in [0.29, 0.717) is 30.4 Å². The molecular formula is C28H27F3N6O3. The van der Waals surface area contributed by atoms with Crippen molar-refractivity contribution in [2.75, 3.05) is 18.4 Å². The van der Waals surface area contributed by atoms with Crippen LogP contribution in [-0.2, 0) is 23.1 Å². The molecule has 0 radical (unpaired) electrons. The van der Waals surface area contributed by atoms with Crippen LogP contribution in [0.1, 0.15) is 35.2 Å². The van der Waals surface area contributed by atoms with Gasteiger partial charge in [0.1, 0.15) is 36.0 Å². The van der Waals surface area contributed by atoms with Gasteiger partial charge in [0.2, 0.25) is 0 Å². The summed E-state index contributed by atoms with van der Waals surface area (Å²) in [6, 6.07) is 14.7. The van der Waals surface area contributed by atoms with Crippen LogP contribution in [0.15, 0.2) is 73.3 Å². The van der Waals surface area contributed by atoms with Gasteiger partial charge in [-0.1, -0.05) is 30.3 Å². The normalized spacial score (nSPS) is 15.1. The molecule has 5 rings (SSSR count). The van der Waals surface area contributed by atoms with E-state index in [2.05, 4.69) is 20.3 Å². The van der Waals surface area contributed by atoms with Gasteiger partial charge in [-0.05, 0) is 55.2 Å². The number of aryl methyl sites for hydroxylation is 1. The van der Waals surface area contributed by atoms with E-state index >= 15 is 0 Å². The lowest BCUT2D eigenvalue weighted by atomic mass is 9.89. The average molecular weight is 553 g/mol. The minimum Gasteiger partial charge on any atom is -0.445 e. The Labute approximate surface area is 228 Å². The number of amides is 1. The van der Waals surface area contributed by atoms with E-state index in [1.54, 1.807) is 27.8 Å². The number of likely N-dealkylation sites (tertiary alicyclic amines) is 1. The third kappa shape index (κ3) is 6.23. The Kier molecular flexibility index (Phi) is 7.44. The van der Waals surface area contributed by atoms with Crippen molar-refractivity contribution in [2.24, 2.45) is 0 Å². The lowest BCUT2D eigenvalue weighted by molar-refractivity contribution is -0.137. The number of aromatic nitrogens is 4. The Morgan fingerprint density at radius 3 is 2.55 bits per heavy atom. The lowest BCUT2D eigenvalue weighted by Gasteiger charge is -2.36. The molecule has 1 saturated heterocycles. The molecule has 0 saturated carbocycles. The number of nitrogens with zero attached hydrogens (tertiary/aromatic N) is 5. The van der Waals surface area contributed by atoms with Crippen LogP contribution in [0.4, 0.5) is 29.6 Å². The average Bonchev–Trinajstić information content (AvgIpc) is 3.44. The number of nitrogens with one attached hydrogen (secondary N) is 1. The Morgan fingerprint density at radius 2 is 1.82 bits per heavy atom. The molecule has 0 unspecified atom stereocenters. The molecule has 4 aromatic rings. The third-order valence-electron chi connectivity index (χ3n) is 6.68. The van der Waals surface area contributed by atoms with Crippen molar-refractivity contribution in [3.05, 3.63) is 95.7 Å². The summed E-state index contributed by atoms with van der Waals surface area (Å²) in [5.41, 5.74) is 0.0665. The highest BCUT2D eigenvalue weighted by atomic mass is 19.4. The number of anilines is 2. The molecule has 3 aromatic heterocycles. The maximum atomic E-state index is 13.1. The number of carbonyl (C=O) groups is 1. The maximum absolute atomic E-state index is 13.1. The minimum absolute atomic E-state index is 0.00793. The molecule has 4 heterocycles. The predicted molar refractivity (Wildman–Crippen MR) is 140 cm³/mol. The second kappa shape index (κ2) is 11.0. The quantitative estimate of drug-likeness (QED) is 0.332. The Bertz CT molecular complexity index is 1480. The maximum Gasteiger partial charge on any atom is 0.416 e. The summed E-state index contributed by atoms with van der Waals surface area (Å²) in [5, 5.41) is 14.1. The first kappa shape index (κ1) is 27.1. The van der Waals surface area contributed by atoms with E-state index in [0.717, 1.165) is 29.5 Å². The van der Waals surface area contributed by atoms with Gasteiger partial charge in [0.05, 0.1) is 11.3 Å². The van der Waals surface area contributed by atoms with Crippen LogP contribution in [0.3, 0.4) is 0 Å². The summed E-state index contributed by atoms with van der Waals surface area (Å²) >= 11 is 0. The molecule has 0 atom stereocenters. The number of carbonyl (C=O) groups excluding carboxylic acids is 1. The topological polar surface area (TPSA) is 105 Å². The first-order valence-electron chi connectivity index (χ1n) is 12.6. The van der Waals surface area contributed by atoms with Crippen molar-refractivity contribution in [1.29, 1.82) is 0 Å². The van der Waals surface area contributed by atoms with E-state index < -0.39 is 23.4 Å². The highest BCUT2D eigenvalue weighted by molar-refractivity contribution is 5.67. The molecule has 1 aliphatic rings. The molecule has 0 aliphatic carbocycles. The molecule has 1 amide bonds. The summed E-state index contributed by atoms with van der Waals surface area (Å²) in [4.78, 5) is 26.9. The van der Waals surface area contributed by atoms with Crippen LogP contribution in [0, 0.1) is 6.92 Å². The second-order valence-electron chi connectivity index (χ2n) is 9.67. The zero-order valence-corrected chi connectivity index (χ0v) is 21.6. The molecule has 1 aromatic carbocycles. The second-order valence-corrected chi connectivity index (χ2v) is 9.67.